The number of rotatable bonds is 3. The molecule has 1 aromatic carbocycles. The van der Waals surface area contributed by atoms with Crippen LogP contribution in [0.4, 0.5) is 8.78 Å². The maximum Gasteiger partial charge on any atom is 0.162 e. The molecule has 4 heteroatoms. The molecule has 0 aliphatic rings. The van der Waals surface area contributed by atoms with E-state index in [-0.39, 0.29) is 6.04 Å². The maximum atomic E-state index is 12.9. The summed E-state index contributed by atoms with van der Waals surface area (Å²) < 4.78 is 30.6. The molecule has 1 rings (SSSR count). The average Bonchev–Trinajstić information content (AvgIpc) is 2.20. The van der Waals surface area contributed by atoms with Crippen molar-refractivity contribution >= 4 is 0 Å². The fourth-order valence-corrected chi connectivity index (χ4v) is 1.23. The molecule has 2 nitrogen and oxygen atoms in total. The molecule has 0 heterocycles. The summed E-state index contributed by atoms with van der Waals surface area (Å²) in [6.07, 6.45) is 0.640. The minimum Gasteiger partial charge on any atom is -0.496 e. The SMILES string of the molecule is CC[C@H](N)c1cc(F)c(F)cc1OC. The second-order valence-electron chi connectivity index (χ2n) is 3.02. The van der Waals surface area contributed by atoms with Gasteiger partial charge in [0, 0.05) is 17.7 Å². The number of halogens is 2. The van der Waals surface area contributed by atoms with Gasteiger partial charge in [-0.3, -0.25) is 0 Å². The number of methoxy groups -OCH3 is 1. The first-order valence-electron chi connectivity index (χ1n) is 4.38. The summed E-state index contributed by atoms with van der Waals surface area (Å²) in [5, 5.41) is 0. The van der Waals surface area contributed by atoms with Gasteiger partial charge in [0.15, 0.2) is 11.6 Å². The zero-order chi connectivity index (χ0) is 10.7. The highest BCUT2D eigenvalue weighted by molar-refractivity contribution is 5.37. The molecule has 0 saturated carbocycles. The van der Waals surface area contributed by atoms with E-state index in [0.29, 0.717) is 17.7 Å². The van der Waals surface area contributed by atoms with Gasteiger partial charge in [0.05, 0.1) is 7.11 Å². The molecule has 1 aromatic rings. The summed E-state index contributed by atoms with van der Waals surface area (Å²) >= 11 is 0. The van der Waals surface area contributed by atoms with Crippen molar-refractivity contribution in [3.8, 4) is 5.75 Å². The van der Waals surface area contributed by atoms with Crippen molar-refractivity contribution in [1.82, 2.24) is 0 Å². The van der Waals surface area contributed by atoms with E-state index in [4.69, 9.17) is 10.5 Å². The molecule has 0 radical (unpaired) electrons. The van der Waals surface area contributed by atoms with Gasteiger partial charge in [0.2, 0.25) is 0 Å². The van der Waals surface area contributed by atoms with E-state index in [1.54, 1.807) is 0 Å². The average molecular weight is 201 g/mol. The van der Waals surface area contributed by atoms with E-state index in [1.807, 2.05) is 6.92 Å². The summed E-state index contributed by atoms with van der Waals surface area (Å²) in [5.41, 5.74) is 6.21. The Hall–Kier alpha value is -1.16. The first-order chi connectivity index (χ1) is 6.60. The third kappa shape index (κ3) is 2.01. The van der Waals surface area contributed by atoms with E-state index in [1.165, 1.54) is 7.11 Å². The van der Waals surface area contributed by atoms with Gasteiger partial charge >= 0.3 is 0 Å². The van der Waals surface area contributed by atoms with E-state index >= 15 is 0 Å². The van der Waals surface area contributed by atoms with Crippen molar-refractivity contribution in [1.29, 1.82) is 0 Å². The lowest BCUT2D eigenvalue weighted by molar-refractivity contribution is 0.396. The van der Waals surface area contributed by atoms with Crippen molar-refractivity contribution < 1.29 is 13.5 Å². The highest BCUT2D eigenvalue weighted by Crippen LogP contribution is 2.27. The van der Waals surface area contributed by atoms with Crippen LogP contribution in [0.3, 0.4) is 0 Å². The Bertz CT molecular complexity index is 328. The van der Waals surface area contributed by atoms with Crippen LogP contribution in [0.5, 0.6) is 5.75 Å². The van der Waals surface area contributed by atoms with Crippen LogP contribution in [0.25, 0.3) is 0 Å². The lowest BCUT2D eigenvalue weighted by Gasteiger charge is -2.14. The molecule has 0 saturated heterocycles. The first kappa shape index (κ1) is 10.9. The molecule has 0 aliphatic heterocycles. The number of hydrogen-bond acceptors (Lipinski definition) is 2. The molecule has 0 aromatic heterocycles. The second kappa shape index (κ2) is 4.37. The zero-order valence-corrected chi connectivity index (χ0v) is 8.18. The zero-order valence-electron chi connectivity index (χ0n) is 8.18. The first-order valence-corrected chi connectivity index (χ1v) is 4.38. The Morgan fingerprint density at radius 3 is 2.43 bits per heavy atom. The van der Waals surface area contributed by atoms with Gasteiger partial charge in [0.25, 0.3) is 0 Å². The van der Waals surface area contributed by atoms with Crippen molar-refractivity contribution in [2.45, 2.75) is 19.4 Å². The summed E-state index contributed by atoms with van der Waals surface area (Å²) in [6.45, 7) is 1.87. The summed E-state index contributed by atoms with van der Waals surface area (Å²) in [4.78, 5) is 0. The Labute approximate surface area is 81.7 Å². The molecular weight excluding hydrogens is 188 g/mol. The van der Waals surface area contributed by atoms with Crippen molar-refractivity contribution in [3.63, 3.8) is 0 Å². The number of benzene rings is 1. The van der Waals surface area contributed by atoms with Crippen LogP contribution >= 0.6 is 0 Å². The minimum absolute atomic E-state index is 0.290. The van der Waals surface area contributed by atoms with Crippen LogP contribution in [-0.4, -0.2) is 7.11 Å². The van der Waals surface area contributed by atoms with Gasteiger partial charge in [-0.05, 0) is 12.5 Å². The minimum atomic E-state index is -0.922. The van der Waals surface area contributed by atoms with Crippen molar-refractivity contribution in [2.75, 3.05) is 7.11 Å². The molecule has 0 spiro atoms. The molecular formula is C10H13F2NO. The predicted molar refractivity (Wildman–Crippen MR) is 50.1 cm³/mol. The molecule has 14 heavy (non-hydrogen) atoms. The second-order valence-corrected chi connectivity index (χ2v) is 3.02. The Kier molecular flexibility index (Phi) is 3.41. The van der Waals surface area contributed by atoms with Gasteiger partial charge in [-0.15, -0.1) is 0 Å². The third-order valence-corrected chi connectivity index (χ3v) is 2.11. The highest BCUT2D eigenvalue weighted by atomic mass is 19.2. The normalized spacial score (nSPS) is 12.6. The van der Waals surface area contributed by atoms with Gasteiger partial charge in [-0.1, -0.05) is 6.92 Å². The molecule has 0 bridgehead atoms. The molecule has 1 atom stereocenters. The highest BCUT2D eigenvalue weighted by Gasteiger charge is 2.14. The van der Waals surface area contributed by atoms with Crippen LogP contribution in [0, 0.1) is 11.6 Å². The van der Waals surface area contributed by atoms with Gasteiger partial charge in [-0.25, -0.2) is 8.78 Å². The standard InChI is InChI=1S/C10H13F2NO/c1-3-9(13)6-4-7(11)8(12)5-10(6)14-2/h4-5,9H,3,13H2,1-2H3/t9-/m0/s1. The summed E-state index contributed by atoms with van der Waals surface area (Å²) in [5.74, 6) is -1.53. The smallest absolute Gasteiger partial charge is 0.162 e. The van der Waals surface area contributed by atoms with Crippen LogP contribution in [0.2, 0.25) is 0 Å². The van der Waals surface area contributed by atoms with Crippen LogP contribution in [0.1, 0.15) is 24.9 Å². The molecule has 0 fully saturated rings. The third-order valence-electron chi connectivity index (χ3n) is 2.11. The van der Waals surface area contributed by atoms with E-state index < -0.39 is 11.6 Å². The molecule has 2 N–H and O–H groups in total. The summed E-state index contributed by atoms with van der Waals surface area (Å²) in [7, 11) is 1.40. The lowest BCUT2D eigenvalue weighted by atomic mass is 10.0. The Morgan fingerprint density at radius 1 is 1.36 bits per heavy atom. The topological polar surface area (TPSA) is 35.2 Å². The largest absolute Gasteiger partial charge is 0.496 e. The van der Waals surface area contributed by atoms with Gasteiger partial charge in [-0.2, -0.15) is 0 Å². The van der Waals surface area contributed by atoms with Crippen molar-refractivity contribution in [3.05, 3.63) is 29.3 Å². The van der Waals surface area contributed by atoms with Crippen molar-refractivity contribution in [2.24, 2.45) is 5.73 Å². The maximum absolute atomic E-state index is 12.9. The number of nitrogens with two attached hydrogens (primary N) is 1. The monoisotopic (exact) mass is 201 g/mol. The van der Waals surface area contributed by atoms with E-state index in [0.717, 1.165) is 12.1 Å². The Balaban J connectivity index is 3.19. The van der Waals surface area contributed by atoms with Crippen LogP contribution in [-0.2, 0) is 0 Å². The molecule has 0 aliphatic carbocycles. The van der Waals surface area contributed by atoms with Crippen LogP contribution < -0.4 is 10.5 Å². The quantitative estimate of drug-likeness (QED) is 0.814. The number of ether oxygens (including phenoxy) is 1. The summed E-state index contributed by atoms with van der Waals surface area (Å²) in [6, 6.07) is 1.77. The van der Waals surface area contributed by atoms with E-state index in [9.17, 15) is 8.78 Å². The Morgan fingerprint density at radius 2 is 1.93 bits per heavy atom. The van der Waals surface area contributed by atoms with E-state index in [2.05, 4.69) is 0 Å². The van der Waals surface area contributed by atoms with Crippen LogP contribution in [0.15, 0.2) is 12.1 Å². The molecule has 0 unspecified atom stereocenters. The van der Waals surface area contributed by atoms with Gasteiger partial charge < -0.3 is 10.5 Å². The molecule has 78 valence electrons. The fraction of sp³-hybridized carbons (Fsp3) is 0.400. The number of hydrogen-bond donors (Lipinski definition) is 1. The predicted octanol–water partition coefficient (Wildman–Crippen LogP) is 2.38. The van der Waals surface area contributed by atoms with Gasteiger partial charge in [0.1, 0.15) is 5.75 Å². The molecule has 0 amide bonds. The lowest BCUT2D eigenvalue weighted by Crippen LogP contribution is -2.11. The fourth-order valence-electron chi connectivity index (χ4n) is 1.23.